The van der Waals surface area contributed by atoms with Gasteiger partial charge in [0.15, 0.2) is 0 Å². The fourth-order valence-electron chi connectivity index (χ4n) is 0.0829. The van der Waals surface area contributed by atoms with Gasteiger partial charge < -0.3 is 4.89 Å². The van der Waals surface area contributed by atoms with Gasteiger partial charge in [0.2, 0.25) is 0 Å². The van der Waals surface area contributed by atoms with Crippen LogP contribution < -0.4 is 0 Å². The lowest BCUT2D eigenvalue weighted by Crippen LogP contribution is -2.08. The van der Waals surface area contributed by atoms with Crippen molar-refractivity contribution in [3.8, 4) is 0 Å². The molecule has 0 radical (unpaired) electrons. The monoisotopic (exact) mass is 226 g/mol. The van der Waals surface area contributed by atoms with Crippen LogP contribution in [0.3, 0.4) is 0 Å². The van der Waals surface area contributed by atoms with Gasteiger partial charge in [-0.1, -0.05) is 0 Å². The van der Waals surface area contributed by atoms with Crippen LogP contribution in [0.4, 0.5) is 8.78 Å². The Bertz CT molecular complexity index is 112. The molecule has 9 heavy (non-hydrogen) atoms. The van der Waals surface area contributed by atoms with Gasteiger partial charge in [-0.05, 0) is 0 Å². The van der Waals surface area contributed by atoms with Gasteiger partial charge in [-0.3, -0.25) is 4.57 Å². The fourth-order valence-corrected chi connectivity index (χ4v) is 0.447. The summed E-state index contributed by atoms with van der Waals surface area (Å²) in [5.41, 5.74) is 0. The van der Waals surface area contributed by atoms with E-state index in [9.17, 15) is 13.3 Å². The first-order valence-corrected chi connectivity index (χ1v) is 3.63. The number of rotatable bonds is 3. The molecular weight excluding hydrogens is 225 g/mol. The molecule has 0 aromatic rings. The summed E-state index contributed by atoms with van der Waals surface area (Å²) >= 11 is 1.69. The van der Waals surface area contributed by atoms with E-state index in [1.54, 1.807) is 15.9 Å². The zero-order chi connectivity index (χ0) is 7.49. The Balaban J connectivity index is 3.39. The number of hydrogen-bond acceptors (Lipinski definition) is 3. The molecule has 1 N–H and O–H groups in total. The molecule has 0 spiro atoms. The second-order valence-electron chi connectivity index (χ2n) is 0.878. The van der Waals surface area contributed by atoms with Crippen LogP contribution in [0.25, 0.3) is 0 Å². The zero-order valence-electron chi connectivity index (χ0n) is 3.81. The highest BCUT2D eigenvalue weighted by molar-refractivity contribution is 9.09. The predicted molar refractivity (Wildman–Crippen MR) is 27.3 cm³/mol. The predicted octanol–water partition coefficient (Wildman–Crippen LogP) is 1.26. The lowest BCUT2D eigenvalue weighted by Gasteiger charge is -2.04. The molecule has 0 amide bonds. The van der Waals surface area contributed by atoms with Gasteiger partial charge in [0, 0.05) is 15.9 Å². The third kappa shape index (κ3) is 8.45. The van der Waals surface area contributed by atoms with E-state index in [4.69, 9.17) is 4.89 Å². The van der Waals surface area contributed by atoms with Crippen molar-refractivity contribution in [2.24, 2.45) is 0 Å². The molecule has 0 aliphatic heterocycles. The van der Waals surface area contributed by atoms with Crippen LogP contribution in [0.1, 0.15) is 0 Å². The molecule has 0 rings (SSSR count). The molecule has 8 heteroatoms. The van der Waals surface area contributed by atoms with Crippen molar-refractivity contribution in [3.63, 3.8) is 0 Å². The summed E-state index contributed by atoms with van der Waals surface area (Å²) in [6.07, 6.45) is 0. The maximum Gasteiger partial charge on any atom is 0.440 e. The minimum Gasteiger partial charge on any atom is -0.325 e. The van der Waals surface area contributed by atoms with Crippen molar-refractivity contribution in [1.29, 1.82) is 0 Å². The smallest absolute Gasteiger partial charge is 0.325 e. The Morgan fingerprint density at radius 2 is 2.11 bits per heavy atom. The Kier molecular flexibility index (Phi) is 3.76. The molecule has 0 saturated carbocycles. The fraction of sp³-hybridized carbons (Fsp3) is 1.00. The van der Waals surface area contributed by atoms with Crippen LogP contribution in [0.15, 0.2) is 0 Å². The molecule has 4 nitrogen and oxygen atoms in total. The summed E-state index contributed by atoms with van der Waals surface area (Å²) in [6, 6.07) is 0. The van der Waals surface area contributed by atoms with Crippen molar-refractivity contribution < 1.29 is 27.8 Å². The van der Waals surface area contributed by atoms with Crippen LogP contribution in [-0.2, 0) is 14.1 Å². The summed E-state index contributed by atoms with van der Waals surface area (Å²) in [4.78, 5) is 10.8. The van der Waals surface area contributed by atoms with Crippen molar-refractivity contribution >= 4 is 24.2 Å². The number of halogens is 3. The number of hydrogen-bond donors (Lipinski definition) is 1. The summed E-state index contributed by atoms with van der Waals surface area (Å²) in [6.45, 7) is 0. The molecule has 0 heterocycles. The first kappa shape index (κ1) is 9.45. The van der Waals surface area contributed by atoms with Gasteiger partial charge in [-0.15, -0.1) is 9.56 Å². The summed E-state index contributed by atoms with van der Waals surface area (Å²) < 4.78 is 35.6. The molecule has 0 bridgehead atoms. The Morgan fingerprint density at radius 1 is 1.67 bits per heavy atom. The highest BCUT2D eigenvalue weighted by atomic mass is 79.9. The molecule has 0 aliphatic carbocycles. The molecule has 0 fully saturated rings. The summed E-state index contributed by atoms with van der Waals surface area (Å²) in [7, 11) is -3.45. The maximum atomic E-state index is 11.4. The van der Waals surface area contributed by atoms with E-state index in [2.05, 4.69) is 9.56 Å². The maximum absolute atomic E-state index is 11.4. The van der Waals surface area contributed by atoms with Crippen molar-refractivity contribution in [1.82, 2.24) is 0 Å². The highest BCUT2D eigenvalue weighted by Crippen LogP contribution is 2.28. The van der Waals surface area contributed by atoms with Crippen LogP contribution in [0.2, 0.25) is 0 Å². The molecule has 0 aromatic carbocycles. The van der Waals surface area contributed by atoms with Gasteiger partial charge in [0.1, 0.15) is 0 Å². The van der Waals surface area contributed by atoms with E-state index < -0.39 is 13.3 Å². The highest BCUT2D eigenvalue weighted by Gasteiger charge is 2.27. The molecular formula is CH2BrF2O4P. The van der Waals surface area contributed by atoms with Gasteiger partial charge in [-0.2, -0.15) is 8.78 Å². The lowest BCUT2D eigenvalue weighted by molar-refractivity contribution is -0.341. The minimum atomic E-state index is -3.71. The third-order valence-electron chi connectivity index (χ3n) is 0.207. The zero-order valence-corrected chi connectivity index (χ0v) is 6.39. The number of alkyl halides is 3. The van der Waals surface area contributed by atoms with E-state index in [0.717, 1.165) is 0 Å². The van der Waals surface area contributed by atoms with Gasteiger partial charge in [-0.25, -0.2) is 0 Å². The van der Waals surface area contributed by atoms with Crippen molar-refractivity contribution in [3.05, 3.63) is 0 Å². The second kappa shape index (κ2) is 3.58. The molecule has 0 aromatic heterocycles. The molecule has 56 valence electrons. The van der Waals surface area contributed by atoms with Gasteiger partial charge >= 0.3 is 13.3 Å². The van der Waals surface area contributed by atoms with Gasteiger partial charge in [0.25, 0.3) is 0 Å². The van der Waals surface area contributed by atoms with E-state index in [-0.39, 0.29) is 0 Å². The van der Waals surface area contributed by atoms with Gasteiger partial charge in [0.05, 0.1) is 0 Å². The normalized spacial score (nSPS) is 15.6. The second-order valence-corrected chi connectivity index (χ2v) is 2.50. The lowest BCUT2D eigenvalue weighted by atomic mass is 11.5. The summed E-state index contributed by atoms with van der Waals surface area (Å²) in [5.74, 6) is 0. The average molecular weight is 227 g/mol. The topological polar surface area (TPSA) is 55.8 Å². The first-order chi connectivity index (χ1) is 3.92. The van der Waals surface area contributed by atoms with Crippen LogP contribution in [0, 0.1) is 0 Å². The molecule has 0 saturated heterocycles. The molecule has 1 atom stereocenters. The largest absolute Gasteiger partial charge is 0.440 e. The Morgan fingerprint density at radius 3 is 2.22 bits per heavy atom. The SMILES string of the molecule is O=[PH](O)OOC(F)(F)Br. The minimum absolute atomic E-state index is 1.69. The molecule has 1 unspecified atom stereocenters. The third-order valence-corrected chi connectivity index (χ3v) is 0.566. The van der Waals surface area contributed by atoms with E-state index >= 15 is 0 Å². The van der Waals surface area contributed by atoms with Crippen molar-refractivity contribution in [2.45, 2.75) is 5.02 Å². The van der Waals surface area contributed by atoms with E-state index in [1.807, 2.05) is 0 Å². The Hall–Kier alpha value is 0.450. The summed E-state index contributed by atoms with van der Waals surface area (Å²) in [5, 5.41) is -3.71. The Labute approximate surface area is 57.8 Å². The van der Waals surface area contributed by atoms with Crippen LogP contribution >= 0.6 is 24.2 Å². The quantitative estimate of drug-likeness (QED) is 0.341. The van der Waals surface area contributed by atoms with E-state index in [1.165, 1.54) is 0 Å². The van der Waals surface area contributed by atoms with E-state index in [0.29, 0.717) is 0 Å². The van der Waals surface area contributed by atoms with Crippen molar-refractivity contribution in [2.75, 3.05) is 0 Å². The van der Waals surface area contributed by atoms with Crippen LogP contribution in [-0.4, -0.2) is 9.91 Å². The molecule has 0 aliphatic rings. The first-order valence-electron chi connectivity index (χ1n) is 1.57. The van der Waals surface area contributed by atoms with Crippen LogP contribution in [0.5, 0.6) is 0 Å². The average Bonchev–Trinajstić information content (AvgIpc) is 1.59. The standard InChI is InChI=1S/CH2BrF2O4P/c2-1(3,4)7-8-9(5)6/h9H,(H,5,6).